The summed E-state index contributed by atoms with van der Waals surface area (Å²) >= 11 is 3.57. The van der Waals surface area contributed by atoms with Crippen LogP contribution in [0.4, 0.5) is 5.82 Å². The number of hydrogen-bond acceptors (Lipinski definition) is 3. The van der Waals surface area contributed by atoms with Gasteiger partial charge in [0.1, 0.15) is 5.82 Å². The van der Waals surface area contributed by atoms with Gasteiger partial charge in [-0.15, -0.1) is 0 Å². The SMILES string of the molecule is OC12CCCCC1CN(c1ncccc1Br)CC2. The maximum absolute atomic E-state index is 10.7. The molecule has 0 spiro atoms. The Labute approximate surface area is 116 Å². The molecule has 1 aromatic rings. The van der Waals surface area contributed by atoms with E-state index < -0.39 is 5.60 Å². The molecule has 2 fully saturated rings. The van der Waals surface area contributed by atoms with E-state index >= 15 is 0 Å². The molecule has 1 aromatic heterocycles. The van der Waals surface area contributed by atoms with E-state index in [1.165, 1.54) is 12.8 Å². The minimum absolute atomic E-state index is 0.407. The van der Waals surface area contributed by atoms with Crippen LogP contribution in [-0.4, -0.2) is 28.8 Å². The summed E-state index contributed by atoms with van der Waals surface area (Å²) < 4.78 is 1.05. The van der Waals surface area contributed by atoms with Gasteiger partial charge in [-0.3, -0.25) is 0 Å². The lowest BCUT2D eigenvalue weighted by Crippen LogP contribution is -2.53. The molecular formula is C14H19BrN2O. The van der Waals surface area contributed by atoms with E-state index in [4.69, 9.17) is 0 Å². The molecule has 0 aromatic carbocycles. The summed E-state index contributed by atoms with van der Waals surface area (Å²) in [6, 6.07) is 3.97. The Balaban J connectivity index is 1.80. The van der Waals surface area contributed by atoms with Gasteiger partial charge in [0, 0.05) is 25.2 Å². The van der Waals surface area contributed by atoms with Crippen molar-refractivity contribution in [1.29, 1.82) is 0 Å². The minimum atomic E-state index is -0.407. The molecule has 0 bridgehead atoms. The van der Waals surface area contributed by atoms with Crippen LogP contribution < -0.4 is 4.90 Å². The highest BCUT2D eigenvalue weighted by Crippen LogP contribution is 2.41. The van der Waals surface area contributed by atoms with Gasteiger partial charge in [0.2, 0.25) is 0 Å². The molecule has 0 radical (unpaired) electrons. The van der Waals surface area contributed by atoms with Crippen LogP contribution in [0, 0.1) is 5.92 Å². The van der Waals surface area contributed by atoms with Gasteiger partial charge < -0.3 is 10.0 Å². The Bertz CT molecular complexity index is 440. The Morgan fingerprint density at radius 1 is 1.39 bits per heavy atom. The highest BCUT2D eigenvalue weighted by Gasteiger charge is 2.43. The molecule has 98 valence electrons. The molecule has 2 heterocycles. The number of pyridine rings is 1. The fourth-order valence-electron chi connectivity index (χ4n) is 3.37. The van der Waals surface area contributed by atoms with Crippen LogP contribution in [0.3, 0.4) is 0 Å². The topological polar surface area (TPSA) is 36.4 Å². The van der Waals surface area contributed by atoms with Crippen molar-refractivity contribution in [2.24, 2.45) is 5.92 Å². The van der Waals surface area contributed by atoms with Gasteiger partial charge in [-0.2, -0.15) is 0 Å². The number of anilines is 1. The van der Waals surface area contributed by atoms with Gasteiger partial charge in [0.15, 0.2) is 0 Å². The molecule has 1 aliphatic heterocycles. The fraction of sp³-hybridized carbons (Fsp3) is 0.643. The quantitative estimate of drug-likeness (QED) is 0.866. The Morgan fingerprint density at radius 2 is 2.28 bits per heavy atom. The zero-order valence-electron chi connectivity index (χ0n) is 10.5. The number of halogens is 1. The van der Waals surface area contributed by atoms with E-state index in [2.05, 4.69) is 25.8 Å². The van der Waals surface area contributed by atoms with Crippen LogP contribution in [0.25, 0.3) is 0 Å². The first kappa shape index (κ1) is 12.4. The van der Waals surface area contributed by atoms with Crippen molar-refractivity contribution in [3.63, 3.8) is 0 Å². The van der Waals surface area contributed by atoms with E-state index in [-0.39, 0.29) is 0 Å². The van der Waals surface area contributed by atoms with Crippen molar-refractivity contribution in [3.05, 3.63) is 22.8 Å². The molecule has 2 atom stereocenters. The van der Waals surface area contributed by atoms with Gasteiger partial charge in [0.25, 0.3) is 0 Å². The van der Waals surface area contributed by atoms with E-state index in [1.54, 1.807) is 0 Å². The molecule has 1 N–H and O–H groups in total. The first-order valence-corrected chi connectivity index (χ1v) is 7.56. The molecule has 1 saturated heterocycles. The lowest BCUT2D eigenvalue weighted by atomic mass is 9.71. The van der Waals surface area contributed by atoms with Crippen LogP contribution in [-0.2, 0) is 0 Å². The molecule has 2 unspecified atom stereocenters. The number of hydrogen-bond donors (Lipinski definition) is 1. The predicted molar refractivity (Wildman–Crippen MR) is 75.7 cm³/mol. The second-order valence-corrected chi connectivity index (χ2v) is 6.41. The second kappa shape index (κ2) is 4.82. The molecule has 2 aliphatic rings. The van der Waals surface area contributed by atoms with Crippen LogP contribution in [0.15, 0.2) is 22.8 Å². The standard InChI is InChI=1S/C14H19BrN2O/c15-12-5-3-8-16-13(12)17-9-7-14(18)6-2-1-4-11(14)10-17/h3,5,8,11,18H,1-2,4,6-7,9-10H2. The summed E-state index contributed by atoms with van der Waals surface area (Å²) in [6.07, 6.45) is 7.28. The van der Waals surface area contributed by atoms with Crippen molar-refractivity contribution >= 4 is 21.7 Å². The fourth-order valence-corrected chi connectivity index (χ4v) is 3.88. The maximum atomic E-state index is 10.7. The summed E-state index contributed by atoms with van der Waals surface area (Å²) in [7, 11) is 0. The number of rotatable bonds is 1. The summed E-state index contributed by atoms with van der Waals surface area (Å²) in [4.78, 5) is 6.77. The van der Waals surface area contributed by atoms with Gasteiger partial charge >= 0.3 is 0 Å². The van der Waals surface area contributed by atoms with Gasteiger partial charge in [-0.05, 0) is 47.3 Å². The number of aromatic nitrogens is 1. The molecular weight excluding hydrogens is 292 g/mol. The van der Waals surface area contributed by atoms with Crippen molar-refractivity contribution in [3.8, 4) is 0 Å². The second-order valence-electron chi connectivity index (χ2n) is 5.55. The highest BCUT2D eigenvalue weighted by molar-refractivity contribution is 9.10. The molecule has 18 heavy (non-hydrogen) atoms. The van der Waals surface area contributed by atoms with Crippen molar-refractivity contribution < 1.29 is 5.11 Å². The predicted octanol–water partition coefficient (Wildman–Crippen LogP) is 2.98. The van der Waals surface area contributed by atoms with Crippen molar-refractivity contribution in [2.45, 2.75) is 37.7 Å². The van der Waals surface area contributed by atoms with Crippen molar-refractivity contribution in [2.75, 3.05) is 18.0 Å². The largest absolute Gasteiger partial charge is 0.389 e. The van der Waals surface area contributed by atoms with E-state index in [0.29, 0.717) is 5.92 Å². The molecule has 4 heteroatoms. The van der Waals surface area contributed by atoms with Gasteiger partial charge in [0.05, 0.1) is 10.1 Å². The zero-order valence-corrected chi connectivity index (χ0v) is 12.1. The van der Waals surface area contributed by atoms with E-state index in [1.807, 2.05) is 18.3 Å². The van der Waals surface area contributed by atoms with Crippen LogP contribution >= 0.6 is 15.9 Å². The first-order chi connectivity index (χ1) is 8.69. The third kappa shape index (κ3) is 2.16. The highest BCUT2D eigenvalue weighted by atomic mass is 79.9. The average molecular weight is 311 g/mol. The number of fused-ring (bicyclic) bond motifs is 1. The molecule has 0 amide bonds. The monoisotopic (exact) mass is 310 g/mol. The van der Waals surface area contributed by atoms with Crippen LogP contribution in [0.1, 0.15) is 32.1 Å². The summed E-state index contributed by atoms with van der Waals surface area (Å²) in [5.74, 6) is 1.43. The van der Waals surface area contributed by atoms with E-state index in [9.17, 15) is 5.11 Å². The normalized spacial score (nSPS) is 32.1. The molecule has 3 nitrogen and oxygen atoms in total. The van der Waals surface area contributed by atoms with Crippen molar-refractivity contribution in [1.82, 2.24) is 4.98 Å². The van der Waals surface area contributed by atoms with Gasteiger partial charge in [-0.25, -0.2) is 4.98 Å². The zero-order chi connectivity index (χ0) is 12.6. The first-order valence-electron chi connectivity index (χ1n) is 6.77. The summed E-state index contributed by atoms with van der Waals surface area (Å²) in [6.45, 7) is 1.84. The third-order valence-corrected chi connectivity index (χ3v) is 5.09. The Hall–Kier alpha value is -0.610. The smallest absolute Gasteiger partial charge is 0.142 e. The Morgan fingerprint density at radius 3 is 3.11 bits per heavy atom. The molecule has 3 rings (SSSR count). The molecule has 1 aliphatic carbocycles. The van der Waals surface area contributed by atoms with Crippen LogP contribution in [0.2, 0.25) is 0 Å². The van der Waals surface area contributed by atoms with Gasteiger partial charge in [-0.1, -0.05) is 12.8 Å². The molecule has 1 saturated carbocycles. The number of nitrogens with zero attached hydrogens (tertiary/aromatic N) is 2. The lowest BCUT2D eigenvalue weighted by Gasteiger charge is -2.47. The lowest BCUT2D eigenvalue weighted by molar-refractivity contribution is -0.0613. The summed E-state index contributed by atoms with van der Waals surface area (Å²) in [5, 5.41) is 10.7. The van der Waals surface area contributed by atoms with Crippen LogP contribution in [0.5, 0.6) is 0 Å². The third-order valence-electron chi connectivity index (χ3n) is 4.47. The number of piperidine rings is 1. The average Bonchev–Trinajstić information content (AvgIpc) is 2.38. The number of aliphatic hydroxyl groups is 1. The van der Waals surface area contributed by atoms with E-state index in [0.717, 1.165) is 42.6 Å². The maximum Gasteiger partial charge on any atom is 0.142 e. The Kier molecular flexibility index (Phi) is 3.32. The minimum Gasteiger partial charge on any atom is -0.389 e. The summed E-state index contributed by atoms with van der Waals surface area (Å²) in [5.41, 5.74) is -0.407.